The van der Waals surface area contributed by atoms with Gasteiger partial charge in [-0.05, 0) is 94.0 Å². The lowest BCUT2D eigenvalue weighted by atomic mass is 9.94. The van der Waals surface area contributed by atoms with Gasteiger partial charge in [0.15, 0.2) is 11.6 Å². The number of hydrogen-bond donors (Lipinski definition) is 3. The molecule has 3 heterocycles. The van der Waals surface area contributed by atoms with Gasteiger partial charge in [-0.2, -0.15) is 0 Å². The lowest BCUT2D eigenvalue weighted by Gasteiger charge is -2.41. The molecule has 0 spiro atoms. The van der Waals surface area contributed by atoms with Gasteiger partial charge in [0.1, 0.15) is 5.82 Å². The van der Waals surface area contributed by atoms with Gasteiger partial charge in [0.2, 0.25) is 5.91 Å². The lowest BCUT2D eigenvalue weighted by molar-refractivity contribution is -0.300. The van der Waals surface area contributed by atoms with E-state index in [0.717, 1.165) is 28.1 Å². The number of carboxylic acids is 1. The smallest absolute Gasteiger partial charge is 0.305 e. The number of carboxylic acid groups (broad SMARTS) is 1. The molecule has 3 N–H and O–H groups in total. The average molecular weight is 798 g/mol. The van der Waals surface area contributed by atoms with Crippen LogP contribution in [0.1, 0.15) is 102 Å². The van der Waals surface area contributed by atoms with Crippen molar-refractivity contribution in [3.8, 4) is 22.4 Å². The summed E-state index contributed by atoms with van der Waals surface area (Å²) in [5, 5.41) is 15.4. The second kappa shape index (κ2) is 18.4. The Morgan fingerprint density at radius 3 is 1.90 bits per heavy atom. The third kappa shape index (κ3) is 11.0. The molecule has 2 aliphatic heterocycles. The van der Waals surface area contributed by atoms with Crippen LogP contribution >= 0.6 is 0 Å². The standard InChI is InChI=1S/C46H56FN3O8/c1-29(2)42-41(44(54)49-33-15-11-8-12-16-33)40(30-13-9-7-10-14-30)43(31-17-19-32(47)20-18-31)50(42)24-22-35-26-36(57-46(5,6)56-35)27-38(51)48-23-21-34-25-37(28-39(52)53)58-45(3,4)55-34/h7-20,29,34-37H,21-28H2,1-6H3,(H,48,51)(H,49,54)(H,52,53). The van der Waals surface area contributed by atoms with Crippen molar-refractivity contribution in [3.63, 3.8) is 0 Å². The maximum absolute atomic E-state index is 14.5. The summed E-state index contributed by atoms with van der Waals surface area (Å²) in [4.78, 5) is 39.0. The molecule has 3 aromatic carbocycles. The van der Waals surface area contributed by atoms with Crippen LogP contribution in [0.15, 0.2) is 84.9 Å². The quantitative estimate of drug-likeness (QED) is 0.109. The van der Waals surface area contributed by atoms with Crippen LogP contribution in [0.3, 0.4) is 0 Å². The van der Waals surface area contributed by atoms with Crippen molar-refractivity contribution < 1.29 is 42.8 Å². The first kappa shape index (κ1) is 42.7. The summed E-state index contributed by atoms with van der Waals surface area (Å²) in [7, 11) is 0. The summed E-state index contributed by atoms with van der Waals surface area (Å²) in [5.41, 5.74) is 5.29. The number of aromatic nitrogens is 1. The van der Waals surface area contributed by atoms with Gasteiger partial charge in [0.25, 0.3) is 5.91 Å². The van der Waals surface area contributed by atoms with Crippen LogP contribution in [0, 0.1) is 5.82 Å². The Morgan fingerprint density at radius 2 is 1.31 bits per heavy atom. The van der Waals surface area contributed by atoms with E-state index in [1.807, 2.05) is 74.5 Å². The molecule has 0 saturated carbocycles. The predicted octanol–water partition coefficient (Wildman–Crippen LogP) is 8.92. The van der Waals surface area contributed by atoms with Crippen LogP contribution in [0.25, 0.3) is 22.4 Å². The third-order valence-corrected chi connectivity index (χ3v) is 10.4. The number of nitrogens with one attached hydrogen (secondary N) is 2. The van der Waals surface area contributed by atoms with E-state index in [4.69, 9.17) is 18.9 Å². The number of rotatable bonds is 15. The van der Waals surface area contributed by atoms with Crippen molar-refractivity contribution in [1.29, 1.82) is 0 Å². The molecule has 12 heteroatoms. The number of carbonyl (C=O) groups is 3. The van der Waals surface area contributed by atoms with Gasteiger partial charge in [0.05, 0.1) is 48.5 Å². The molecule has 0 aliphatic carbocycles. The molecule has 2 aliphatic rings. The van der Waals surface area contributed by atoms with Gasteiger partial charge in [-0.1, -0.05) is 62.4 Å². The number of amides is 2. The second-order valence-electron chi connectivity index (χ2n) is 16.4. The summed E-state index contributed by atoms with van der Waals surface area (Å²) in [5.74, 6) is -3.63. The van der Waals surface area contributed by atoms with Crippen LogP contribution in [-0.2, 0) is 35.1 Å². The molecule has 11 nitrogen and oxygen atoms in total. The summed E-state index contributed by atoms with van der Waals surface area (Å²) in [6, 6.07) is 25.6. The zero-order valence-electron chi connectivity index (χ0n) is 34.3. The van der Waals surface area contributed by atoms with E-state index in [0.29, 0.717) is 50.0 Å². The van der Waals surface area contributed by atoms with E-state index in [2.05, 4.69) is 29.0 Å². The third-order valence-electron chi connectivity index (χ3n) is 10.4. The number of carbonyl (C=O) groups excluding carboxylic acids is 2. The first-order valence-electron chi connectivity index (χ1n) is 20.2. The van der Waals surface area contributed by atoms with E-state index in [-0.39, 0.29) is 48.6 Å². The van der Waals surface area contributed by atoms with Crippen LogP contribution in [0.5, 0.6) is 0 Å². The van der Waals surface area contributed by atoms with Gasteiger partial charge < -0.3 is 39.3 Å². The van der Waals surface area contributed by atoms with Crippen LogP contribution in [0.4, 0.5) is 10.1 Å². The Kier molecular flexibility index (Phi) is 13.5. The summed E-state index contributed by atoms with van der Waals surface area (Å²) < 4.78 is 41.1. The van der Waals surface area contributed by atoms with Crippen molar-refractivity contribution >= 4 is 23.5 Å². The fourth-order valence-corrected chi connectivity index (χ4v) is 8.37. The molecule has 4 unspecified atom stereocenters. The minimum Gasteiger partial charge on any atom is -0.481 e. The van der Waals surface area contributed by atoms with Crippen LogP contribution in [-0.4, -0.2) is 70.0 Å². The summed E-state index contributed by atoms with van der Waals surface area (Å²) in [6.07, 6.45) is 0.580. The average Bonchev–Trinajstić information content (AvgIpc) is 3.49. The van der Waals surface area contributed by atoms with Crippen LogP contribution in [0.2, 0.25) is 0 Å². The Bertz CT molecular complexity index is 2030. The summed E-state index contributed by atoms with van der Waals surface area (Å²) >= 11 is 0. The van der Waals surface area contributed by atoms with E-state index >= 15 is 0 Å². The predicted molar refractivity (Wildman–Crippen MR) is 220 cm³/mol. The Hall–Kier alpha value is -4.88. The lowest BCUT2D eigenvalue weighted by Crippen LogP contribution is -2.47. The molecular weight excluding hydrogens is 742 g/mol. The zero-order valence-corrected chi connectivity index (χ0v) is 34.3. The maximum Gasteiger partial charge on any atom is 0.305 e. The molecule has 2 saturated heterocycles. The maximum atomic E-state index is 14.5. The Balaban J connectivity index is 1.23. The molecule has 2 amide bonds. The first-order chi connectivity index (χ1) is 27.6. The molecule has 0 radical (unpaired) electrons. The van der Waals surface area contributed by atoms with Crippen molar-refractivity contribution in [2.45, 2.75) is 129 Å². The van der Waals surface area contributed by atoms with Gasteiger partial charge >= 0.3 is 5.97 Å². The second-order valence-corrected chi connectivity index (χ2v) is 16.4. The number of ether oxygens (including phenoxy) is 4. The molecule has 2 fully saturated rings. The van der Waals surface area contributed by atoms with E-state index in [1.165, 1.54) is 12.1 Å². The van der Waals surface area contributed by atoms with E-state index in [9.17, 15) is 23.9 Å². The van der Waals surface area contributed by atoms with Gasteiger partial charge in [-0.25, -0.2) is 4.39 Å². The highest BCUT2D eigenvalue weighted by Crippen LogP contribution is 2.43. The van der Waals surface area contributed by atoms with Gasteiger partial charge in [-0.3, -0.25) is 14.4 Å². The molecule has 310 valence electrons. The Labute approximate surface area is 340 Å². The topological polar surface area (TPSA) is 137 Å². The van der Waals surface area contributed by atoms with Crippen molar-refractivity contribution in [2.75, 3.05) is 11.9 Å². The number of aliphatic carboxylic acids is 1. The summed E-state index contributed by atoms with van der Waals surface area (Å²) in [6.45, 7) is 12.2. The minimum absolute atomic E-state index is 0.0719. The SMILES string of the molecule is CC(C)c1c(C(=O)Nc2ccccc2)c(-c2ccccc2)c(-c2ccc(F)cc2)n1CCC1CC(CC(=O)NCCC2CC(CC(=O)O)OC(C)(C)O2)OC(C)(C)O1. The fourth-order valence-electron chi connectivity index (χ4n) is 8.37. The number of anilines is 1. The largest absolute Gasteiger partial charge is 0.481 e. The monoisotopic (exact) mass is 797 g/mol. The number of halogens is 1. The van der Waals surface area contributed by atoms with Crippen molar-refractivity contribution in [3.05, 3.63) is 102 Å². The number of benzene rings is 3. The van der Waals surface area contributed by atoms with E-state index < -0.39 is 29.8 Å². The fraction of sp³-hybridized carbons (Fsp3) is 0.457. The Morgan fingerprint density at radius 1 is 0.759 bits per heavy atom. The molecule has 0 bridgehead atoms. The number of para-hydroxylation sites is 1. The van der Waals surface area contributed by atoms with Gasteiger partial charge in [0, 0.05) is 42.9 Å². The highest BCUT2D eigenvalue weighted by atomic mass is 19.1. The van der Waals surface area contributed by atoms with E-state index in [1.54, 1.807) is 26.0 Å². The van der Waals surface area contributed by atoms with Crippen molar-refractivity contribution in [2.24, 2.45) is 0 Å². The van der Waals surface area contributed by atoms with Gasteiger partial charge in [-0.15, -0.1) is 0 Å². The highest BCUT2D eigenvalue weighted by molar-refractivity contribution is 6.12. The number of hydrogen-bond acceptors (Lipinski definition) is 7. The molecular formula is C46H56FN3O8. The van der Waals surface area contributed by atoms with Crippen molar-refractivity contribution in [1.82, 2.24) is 9.88 Å². The normalized spacial score (nSPS) is 21.4. The molecule has 4 aromatic rings. The molecule has 6 rings (SSSR count). The zero-order chi connectivity index (χ0) is 41.6. The molecule has 58 heavy (non-hydrogen) atoms. The molecule has 1 aromatic heterocycles. The van der Waals surface area contributed by atoms with Crippen LogP contribution < -0.4 is 10.6 Å². The highest BCUT2D eigenvalue weighted by Gasteiger charge is 2.39. The first-order valence-corrected chi connectivity index (χ1v) is 20.2. The number of nitrogens with zero attached hydrogens (tertiary/aromatic N) is 1. The molecule has 4 atom stereocenters. The minimum atomic E-state index is -0.957.